The number of aromatic nitrogens is 1. The molecule has 1 aromatic rings. The first-order chi connectivity index (χ1) is 6.71. The zero-order valence-corrected chi connectivity index (χ0v) is 9.31. The van der Waals surface area contributed by atoms with Gasteiger partial charge in [-0.2, -0.15) is 0 Å². The molecule has 3 N–H and O–H groups in total. The molecule has 0 radical (unpaired) electrons. The quantitative estimate of drug-likeness (QED) is 0.775. The first kappa shape index (κ1) is 10.1. The van der Waals surface area contributed by atoms with E-state index in [-0.39, 0.29) is 5.54 Å². The molecule has 2 rings (SSSR count). The molecule has 0 bridgehead atoms. The molecule has 0 amide bonds. The number of piperidine rings is 1. The summed E-state index contributed by atoms with van der Waals surface area (Å²) in [5.74, 6) is 0.565. The maximum Gasteiger partial charge on any atom is 0.112 e. The van der Waals surface area contributed by atoms with Crippen molar-refractivity contribution in [2.75, 3.05) is 13.1 Å². The first-order valence-corrected chi connectivity index (χ1v) is 5.99. The molecule has 1 saturated heterocycles. The van der Waals surface area contributed by atoms with Gasteiger partial charge in [0.15, 0.2) is 0 Å². The van der Waals surface area contributed by atoms with Gasteiger partial charge in [0.1, 0.15) is 5.01 Å². The van der Waals surface area contributed by atoms with Gasteiger partial charge < -0.3 is 11.1 Å². The van der Waals surface area contributed by atoms with E-state index in [2.05, 4.69) is 17.2 Å². The summed E-state index contributed by atoms with van der Waals surface area (Å²) in [4.78, 5) is 4.34. The highest BCUT2D eigenvalue weighted by Gasteiger charge is 2.34. The molecule has 0 aromatic carbocycles. The van der Waals surface area contributed by atoms with E-state index in [1.165, 1.54) is 0 Å². The molecular formula is C10H17N3S. The summed E-state index contributed by atoms with van der Waals surface area (Å²) < 4.78 is 0. The van der Waals surface area contributed by atoms with Crippen LogP contribution in [-0.2, 0) is 5.54 Å². The molecule has 14 heavy (non-hydrogen) atoms. The molecular weight excluding hydrogens is 194 g/mol. The summed E-state index contributed by atoms with van der Waals surface area (Å²) in [6.45, 7) is 4.29. The number of nitrogens with zero attached hydrogens (tertiary/aromatic N) is 1. The van der Waals surface area contributed by atoms with Crippen LogP contribution in [0.5, 0.6) is 0 Å². The molecule has 1 unspecified atom stereocenters. The fourth-order valence-corrected chi connectivity index (χ4v) is 2.88. The van der Waals surface area contributed by atoms with Crippen LogP contribution in [0.3, 0.4) is 0 Å². The number of rotatable bonds is 2. The fourth-order valence-electron chi connectivity index (χ4n) is 2.09. The van der Waals surface area contributed by atoms with Crippen LogP contribution in [0.25, 0.3) is 0 Å². The van der Waals surface area contributed by atoms with Crippen LogP contribution in [0.15, 0.2) is 11.6 Å². The van der Waals surface area contributed by atoms with Gasteiger partial charge in [0, 0.05) is 11.6 Å². The molecule has 1 fully saturated rings. The van der Waals surface area contributed by atoms with Crippen molar-refractivity contribution < 1.29 is 0 Å². The van der Waals surface area contributed by atoms with Gasteiger partial charge in [0.2, 0.25) is 0 Å². The Morgan fingerprint density at radius 3 is 2.86 bits per heavy atom. The maximum atomic E-state index is 6.38. The monoisotopic (exact) mass is 211 g/mol. The summed E-state index contributed by atoms with van der Waals surface area (Å²) in [7, 11) is 0. The summed E-state index contributed by atoms with van der Waals surface area (Å²) in [6.07, 6.45) is 4.16. The van der Waals surface area contributed by atoms with Crippen LogP contribution >= 0.6 is 11.3 Å². The van der Waals surface area contributed by atoms with Crippen molar-refractivity contribution in [2.24, 2.45) is 11.7 Å². The van der Waals surface area contributed by atoms with Gasteiger partial charge in [-0.15, -0.1) is 11.3 Å². The van der Waals surface area contributed by atoms with Crippen molar-refractivity contribution in [1.82, 2.24) is 10.3 Å². The van der Waals surface area contributed by atoms with E-state index >= 15 is 0 Å². The summed E-state index contributed by atoms with van der Waals surface area (Å²) >= 11 is 1.67. The van der Waals surface area contributed by atoms with Gasteiger partial charge in [0.25, 0.3) is 0 Å². The standard InChI is InChI=1S/C10H17N3S/c1-10(11,9-13-6-7-14-9)8-2-4-12-5-3-8/h6-8,12H,2-5,11H2,1H3. The van der Waals surface area contributed by atoms with E-state index in [4.69, 9.17) is 5.73 Å². The van der Waals surface area contributed by atoms with Crippen molar-refractivity contribution in [2.45, 2.75) is 25.3 Å². The lowest BCUT2D eigenvalue weighted by Crippen LogP contribution is -2.45. The van der Waals surface area contributed by atoms with Gasteiger partial charge in [-0.25, -0.2) is 4.98 Å². The molecule has 1 aliphatic rings. The largest absolute Gasteiger partial charge is 0.319 e. The number of thiazole rings is 1. The lowest BCUT2D eigenvalue weighted by molar-refractivity contribution is 0.234. The Labute approximate surface area is 88.7 Å². The van der Waals surface area contributed by atoms with E-state index in [9.17, 15) is 0 Å². The molecule has 2 heterocycles. The predicted octanol–water partition coefficient (Wildman–Crippen LogP) is 1.32. The van der Waals surface area contributed by atoms with Gasteiger partial charge >= 0.3 is 0 Å². The van der Waals surface area contributed by atoms with E-state index in [0.717, 1.165) is 30.9 Å². The first-order valence-electron chi connectivity index (χ1n) is 5.11. The Bertz CT molecular complexity index is 276. The van der Waals surface area contributed by atoms with Crippen molar-refractivity contribution in [3.8, 4) is 0 Å². The molecule has 78 valence electrons. The highest BCUT2D eigenvalue weighted by Crippen LogP contribution is 2.33. The fraction of sp³-hybridized carbons (Fsp3) is 0.700. The molecule has 4 heteroatoms. The number of hydrogen-bond acceptors (Lipinski definition) is 4. The smallest absolute Gasteiger partial charge is 0.112 e. The van der Waals surface area contributed by atoms with Crippen molar-refractivity contribution in [3.63, 3.8) is 0 Å². The van der Waals surface area contributed by atoms with E-state index in [1.807, 2.05) is 11.6 Å². The van der Waals surface area contributed by atoms with Crippen molar-refractivity contribution >= 4 is 11.3 Å². The van der Waals surface area contributed by atoms with Crippen molar-refractivity contribution in [3.05, 3.63) is 16.6 Å². The normalized spacial score (nSPS) is 23.3. The third-order valence-electron chi connectivity index (χ3n) is 3.08. The minimum absolute atomic E-state index is 0.240. The summed E-state index contributed by atoms with van der Waals surface area (Å²) in [5, 5.41) is 6.43. The minimum Gasteiger partial charge on any atom is -0.319 e. The van der Waals surface area contributed by atoms with Crippen LogP contribution in [0.1, 0.15) is 24.8 Å². The Morgan fingerprint density at radius 2 is 2.29 bits per heavy atom. The van der Waals surface area contributed by atoms with E-state index in [0.29, 0.717) is 5.92 Å². The van der Waals surface area contributed by atoms with Crippen LogP contribution in [0.4, 0.5) is 0 Å². The lowest BCUT2D eigenvalue weighted by Gasteiger charge is -2.35. The number of nitrogens with two attached hydrogens (primary N) is 1. The maximum absolute atomic E-state index is 6.38. The zero-order valence-electron chi connectivity index (χ0n) is 8.49. The van der Waals surface area contributed by atoms with E-state index in [1.54, 1.807) is 11.3 Å². The third kappa shape index (κ3) is 1.82. The van der Waals surface area contributed by atoms with Gasteiger partial charge in [-0.3, -0.25) is 0 Å². The van der Waals surface area contributed by atoms with Gasteiger partial charge in [-0.05, 0) is 38.8 Å². The topological polar surface area (TPSA) is 50.9 Å². The molecule has 1 aromatic heterocycles. The molecule has 1 aliphatic heterocycles. The molecule has 0 spiro atoms. The Balaban J connectivity index is 2.14. The second-order valence-corrected chi connectivity index (χ2v) is 5.04. The average molecular weight is 211 g/mol. The Hall–Kier alpha value is -0.450. The SMILES string of the molecule is CC(N)(c1nccs1)C1CCNCC1. The second kappa shape index (κ2) is 3.96. The van der Waals surface area contributed by atoms with Gasteiger partial charge in [0.05, 0.1) is 5.54 Å². The Morgan fingerprint density at radius 1 is 1.57 bits per heavy atom. The van der Waals surface area contributed by atoms with Crippen LogP contribution < -0.4 is 11.1 Å². The summed E-state index contributed by atoms with van der Waals surface area (Å²) in [5.41, 5.74) is 6.14. The molecule has 1 atom stereocenters. The minimum atomic E-state index is -0.240. The average Bonchev–Trinajstić information content (AvgIpc) is 2.72. The van der Waals surface area contributed by atoms with E-state index < -0.39 is 0 Å². The third-order valence-corrected chi connectivity index (χ3v) is 4.11. The number of nitrogens with one attached hydrogen (secondary N) is 1. The lowest BCUT2D eigenvalue weighted by atomic mass is 9.80. The highest BCUT2D eigenvalue weighted by molar-refractivity contribution is 7.09. The molecule has 3 nitrogen and oxygen atoms in total. The van der Waals surface area contributed by atoms with Crippen LogP contribution in [0.2, 0.25) is 0 Å². The van der Waals surface area contributed by atoms with Gasteiger partial charge in [-0.1, -0.05) is 0 Å². The zero-order chi connectivity index (χ0) is 10.0. The molecule has 0 saturated carbocycles. The summed E-state index contributed by atoms with van der Waals surface area (Å²) in [6, 6.07) is 0. The van der Waals surface area contributed by atoms with Crippen LogP contribution in [0, 0.1) is 5.92 Å². The highest BCUT2D eigenvalue weighted by atomic mass is 32.1. The second-order valence-electron chi connectivity index (χ2n) is 4.14. The number of hydrogen-bond donors (Lipinski definition) is 2. The molecule has 0 aliphatic carbocycles. The Kier molecular flexibility index (Phi) is 2.85. The van der Waals surface area contributed by atoms with Crippen LogP contribution in [-0.4, -0.2) is 18.1 Å². The van der Waals surface area contributed by atoms with Crippen molar-refractivity contribution in [1.29, 1.82) is 0 Å². The predicted molar refractivity (Wildman–Crippen MR) is 59.2 cm³/mol.